The predicted molar refractivity (Wildman–Crippen MR) is 115 cm³/mol. The van der Waals surface area contributed by atoms with Crippen LogP contribution in [0, 0.1) is 0 Å². The molecule has 4 aromatic rings. The number of methoxy groups -OCH3 is 1. The van der Waals surface area contributed by atoms with Crippen molar-refractivity contribution in [1.82, 2.24) is 19.9 Å². The van der Waals surface area contributed by atoms with E-state index in [1.165, 1.54) is 0 Å². The standard InChI is InChI=1S/C23H21N5O4/c1-30-14-6-7-18-17(12-14)25-21(19-20(24)27-32-26-19)28(18)13-8-10-23(11-9-13)16-5-3-2-4-15(16)22(29)31-23/h2-7,12-13H,8-11H2,1H3,(H2,24,27). The van der Waals surface area contributed by atoms with Crippen LogP contribution < -0.4 is 10.5 Å². The second-order valence-electron chi connectivity index (χ2n) is 8.32. The Balaban J connectivity index is 1.41. The van der Waals surface area contributed by atoms with Crippen molar-refractivity contribution in [2.75, 3.05) is 12.8 Å². The Labute approximate surface area is 183 Å². The van der Waals surface area contributed by atoms with Gasteiger partial charge in [-0.1, -0.05) is 18.2 Å². The Morgan fingerprint density at radius 2 is 1.97 bits per heavy atom. The molecule has 9 heteroatoms. The molecule has 2 aromatic heterocycles. The lowest BCUT2D eigenvalue weighted by atomic mass is 9.77. The number of hydrogen-bond acceptors (Lipinski definition) is 8. The fraction of sp³-hybridized carbons (Fsp3) is 0.304. The molecule has 1 saturated carbocycles. The fourth-order valence-electron chi connectivity index (χ4n) is 5.14. The van der Waals surface area contributed by atoms with E-state index in [2.05, 4.69) is 14.9 Å². The minimum Gasteiger partial charge on any atom is -0.497 e. The van der Waals surface area contributed by atoms with Crippen molar-refractivity contribution in [3.63, 3.8) is 0 Å². The molecule has 9 nitrogen and oxygen atoms in total. The van der Waals surface area contributed by atoms with Gasteiger partial charge in [-0.3, -0.25) is 0 Å². The molecule has 0 radical (unpaired) electrons. The highest BCUT2D eigenvalue weighted by atomic mass is 16.6. The third-order valence-electron chi connectivity index (χ3n) is 6.68. The van der Waals surface area contributed by atoms with E-state index in [4.69, 9.17) is 24.8 Å². The fourth-order valence-corrected chi connectivity index (χ4v) is 5.14. The van der Waals surface area contributed by atoms with Crippen LogP contribution >= 0.6 is 0 Å². The first-order chi connectivity index (χ1) is 15.6. The van der Waals surface area contributed by atoms with E-state index in [0.29, 0.717) is 17.1 Å². The molecule has 162 valence electrons. The van der Waals surface area contributed by atoms with Crippen LogP contribution in [0.15, 0.2) is 47.1 Å². The number of nitrogens with two attached hydrogens (primary N) is 1. The molecule has 32 heavy (non-hydrogen) atoms. The van der Waals surface area contributed by atoms with Crippen molar-refractivity contribution in [2.45, 2.75) is 37.3 Å². The highest BCUT2D eigenvalue weighted by molar-refractivity contribution is 5.94. The summed E-state index contributed by atoms with van der Waals surface area (Å²) in [7, 11) is 1.62. The van der Waals surface area contributed by atoms with E-state index < -0.39 is 5.60 Å². The van der Waals surface area contributed by atoms with Crippen molar-refractivity contribution >= 4 is 22.8 Å². The summed E-state index contributed by atoms with van der Waals surface area (Å²) in [6.07, 6.45) is 3.05. The molecule has 6 rings (SSSR count). The van der Waals surface area contributed by atoms with Gasteiger partial charge in [-0.05, 0) is 54.2 Å². The number of aromatic nitrogens is 4. The summed E-state index contributed by atoms with van der Waals surface area (Å²) >= 11 is 0. The van der Waals surface area contributed by atoms with Gasteiger partial charge >= 0.3 is 5.97 Å². The number of rotatable bonds is 3. The maximum Gasteiger partial charge on any atom is 0.339 e. The van der Waals surface area contributed by atoms with Gasteiger partial charge in [0.25, 0.3) is 0 Å². The lowest BCUT2D eigenvalue weighted by Crippen LogP contribution is -2.33. The summed E-state index contributed by atoms with van der Waals surface area (Å²) in [5.74, 6) is 1.29. The Kier molecular flexibility index (Phi) is 4.01. The van der Waals surface area contributed by atoms with Crippen LogP contribution in [0.25, 0.3) is 22.6 Å². The van der Waals surface area contributed by atoms with E-state index in [1.54, 1.807) is 7.11 Å². The average Bonchev–Trinajstić information content (AvgIpc) is 3.48. The number of benzene rings is 2. The summed E-state index contributed by atoms with van der Waals surface area (Å²) < 4.78 is 18.3. The number of hydrogen-bond donors (Lipinski definition) is 1. The Bertz CT molecular complexity index is 1350. The topological polar surface area (TPSA) is 118 Å². The van der Waals surface area contributed by atoms with Gasteiger partial charge in [-0.25, -0.2) is 14.4 Å². The van der Waals surface area contributed by atoms with Gasteiger partial charge in [0.05, 0.1) is 23.7 Å². The first kappa shape index (κ1) is 18.9. The van der Waals surface area contributed by atoms with Crippen LogP contribution in [0.3, 0.4) is 0 Å². The summed E-state index contributed by atoms with van der Waals surface area (Å²) in [5.41, 5.74) is 9.26. The zero-order valence-corrected chi connectivity index (χ0v) is 17.4. The molecular formula is C23H21N5O4. The highest BCUT2D eigenvalue weighted by Gasteiger charge is 2.48. The second kappa shape index (κ2) is 6.81. The van der Waals surface area contributed by atoms with Gasteiger partial charge in [0.15, 0.2) is 17.3 Å². The van der Waals surface area contributed by atoms with Crippen molar-refractivity contribution in [3.8, 4) is 17.3 Å². The Morgan fingerprint density at radius 3 is 2.72 bits per heavy atom. The summed E-state index contributed by atoms with van der Waals surface area (Å²) in [6, 6.07) is 13.6. The summed E-state index contributed by atoms with van der Waals surface area (Å²) in [4.78, 5) is 17.2. The van der Waals surface area contributed by atoms with Crippen molar-refractivity contribution in [3.05, 3.63) is 53.6 Å². The summed E-state index contributed by atoms with van der Waals surface area (Å²) in [5, 5.41) is 7.73. The molecule has 1 fully saturated rings. The molecule has 0 atom stereocenters. The SMILES string of the molecule is COc1ccc2c(c1)nc(-c1nonc1N)n2C1CCC2(CC1)OC(=O)c1ccccc12. The quantitative estimate of drug-likeness (QED) is 0.486. The number of carbonyl (C=O) groups is 1. The molecule has 1 spiro atoms. The highest BCUT2D eigenvalue weighted by Crippen LogP contribution is 2.50. The summed E-state index contributed by atoms with van der Waals surface area (Å²) in [6.45, 7) is 0. The molecule has 2 aromatic carbocycles. The number of carbonyl (C=O) groups excluding carboxylic acids is 1. The molecule has 1 aliphatic heterocycles. The number of ether oxygens (including phenoxy) is 2. The molecular weight excluding hydrogens is 410 g/mol. The lowest BCUT2D eigenvalue weighted by molar-refractivity contribution is -0.0344. The number of anilines is 1. The maximum atomic E-state index is 12.4. The zero-order valence-electron chi connectivity index (χ0n) is 17.4. The van der Waals surface area contributed by atoms with E-state index in [0.717, 1.165) is 48.0 Å². The van der Waals surface area contributed by atoms with E-state index in [1.807, 2.05) is 42.5 Å². The second-order valence-corrected chi connectivity index (χ2v) is 8.32. The molecule has 2 N–H and O–H groups in total. The molecule has 2 aliphatic rings. The third kappa shape index (κ3) is 2.63. The first-order valence-electron chi connectivity index (χ1n) is 10.6. The monoisotopic (exact) mass is 431 g/mol. The molecule has 0 bridgehead atoms. The van der Waals surface area contributed by atoms with Gasteiger partial charge in [0.1, 0.15) is 11.4 Å². The Morgan fingerprint density at radius 1 is 1.16 bits per heavy atom. The normalized spacial score (nSPS) is 22.3. The van der Waals surface area contributed by atoms with Crippen LogP contribution in [-0.4, -0.2) is 32.9 Å². The van der Waals surface area contributed by atoms with Crippen LogP contribution in [-0.2, 0) is 10.3 Å². The van der Waals surface area contributed by atoms with Gasteiger partial charge in [-0.2, -0.15) is 0 Å². The molecule has 0 unspecified atom stereocenters. The lowest BCUT2D eigenvalue weighted by Gasteiger charge is -2.37. The largest absolute Gasteiger partial charge is 0.497 e. The molecule has 0 amide bonds. The number of imidazole rings is 1. The van der Waals surface area contributed by atoms with E-state index >= 15 is 0 Å². The molecule has 3 heterocycles. The first-order valence-corrected chi connectivity index (χ1v) is 10.6. The predicted octanol–water partition coefficient (Wildman–Crippen LogP) is 3.86. The van der Waals surface area contributed by atoms with Gasteiger partial charge in [0.2, 0.25) is 0 Å². The maximum absolute atomic E-state index is 12.4. The molecule has 1 aliphatic carbocycles. The number of nitrogens with zero attached hydrogens (tertiary/aromatic N) is 4. The molecule has 0 saturated heterocycles. The number of nitrogen functional groups attached to an aromatic ring is 1. The van der Waals surface area contributed by atoms with Crippen molar-refractivity contribution in [2.24, 2.45) is 0 Å². The van der Waals surface area contributed by atoms with Gasteiger partial charge in [0, 0.05) is 17.7 Å². The zero-order chi connectivity index (χ0) is 21.9. The van der Waals surface area contributed by atoms with Crippen LogP contribution in [0.2, 0.25) is 0 Å². The number of esters is 1. The minimum absolute atomic E-state index is 0.122. The average molecular weight is 431 g/mol. The van der Waals surface area contributed by atoms with Crippen LogP contribution in [0.4, 0.5) is 5.82 Å². The smallest absolute Gasteiger partial charge is 0.339 e. The van der Waals surface area contributed by atoms with Crippen molar-refractivity contribution < 1.29 is 18.9 Å². The minimum atomic E-state index is -0.557. The van der Waals surface area contributed by atoms with E-state index in [9.17, 15) is 4.79 Å². The van der Waals surface area contributed by atoms with E-state index in [-0.39, 0.29) is 17.8 Å². The third-order valence-corrected chi connectivity index (χ3v) is 6.68. The van der Waals surface area contributed by atoms with Gasteiger partial charge in [-0.15, -0.1) is 0 Å². The van der Waals surface area contributed by atoms with Crippen LogP contribution in [0.5, 0.6) is 5.75 Å². The van der Waals surface area contributed by atoms with Crippen LogP contribution in [0.1, 0.15) is 47.6 Å². The van der Waals surface area contributed by atoms with Crippen molar-refractivity contribution in [1.29, 1.82) is 0 Å². The Hall–Kier alpha value is -3.88. The van der Waals surface area contributed by atoms with Gasteiger partial charge < -0.3 is 19.8 Å². The number of fused-ring (bicyclic) bond motifs is 3.